The molecule has 12 N–H and O–H groups in total. The zero-order valence-electron chi connectivity index (χ0n) is 50.6. The molecule has 0 bridgehead atoms. The van der Waals surface area contributed by atoms with Crippen LogP contribution in [0.4, 0.5) is 0 Å². The number of aliphatic hydroxyl groups excluding tert-OH is 6. The highest BCUT2D eigenvalue weighted by molar-refractivity contribution is 6.11. The van der Waals surface area contributed by atoms with Gasteiger partial charge in [-0.25, -0.2) is 0 Å². The maximum absolute atomic E-state index is 15.0. The maximum Gasteiger partial charge on any atom is 0.251 e. The second-order valence-electron chi connectivity index (χ2n) is 23.3. The molecule has 7 rings (SSSR count). The molecule has 1 saturated carbocycles. The van der Waals surface area contributed by atoms with Crippen molar-refractivity contribution in [2.24, 2.45) is 22.7 Å². The summed E-state index contributed by atoms with van der Waals surface area (Å²) in [4.78, 5) is 122. The van der Waals surface area contributed by atoms with Crippen LogP contribution in [0, 0.1) is 17.8 Å². The Morgan fingerprint density at radius 3 is 1.91 bits per heavy atom. The van der Waals surface area contributed by atoms with Gasteiger partial charge in [0, 0.05) is 44.2 Å². The number of phenols is 1. The van der Waals surface area contributed by atoms with E-state index in [1.54, 1.807) is 19.1 Å². The number of nitrogens with one attached hydrogen (secondary N) is 5. The minimum atomic E-state index is -2.42. The van der Waals surface area contributed by atoms with Crippen LogP contribution in [0.2, 0.25) is 0 Å². The van der Waals surface area contributed by atoms with Gasteiger partial charge in [-0.3, -0.25) is 43.3 Å². The van der Waals surface area contributed by atoms with E-state index in [2.05, 4.69) is 38.5 Å². The van der Waals surface area contributed by atoms with Crippen molar-refractivity contribution in [1.29, 1.82) is 0 Å². The van der Waals surface area contributed by atoms with Crippen molar-refractivity contribution in [3.8, 4) is 33.8 Å². The molecule has 0 aromatic heterocycles. The summed E-state index contributed by atoms with van der Waals surface area (Å²) in [7, 11) is 1.41. The lowest BCUT2D eigenvalue weighted by atomic mass is 9.77. The average Bonchev–Trinajstić information content (AvgIpc) is 2.12. The number of carbonyl (C=O) groups is 8. The lowest BCUT2D eigenvalue weighted by Gasteiger charge is -2.34. The van der Waals surface area contributed by atoms with Crippen LogP contribution in [0.5, 0.6) is 11.5 Å². The largest absolute Gasteiger partial charge is 0.508 e. The van der Waals surface area contributed by atoms with Crippen LogP contribution >= 0.6 is 0 Å². The first-order chi connectivity index (χ1) is 42.5. The molecule has 2 heterocycles. The fourth-order valence-corrected chi connectivity index (χ4v) is 11.4. The first-order valence-corrected chi connectivity index (χ1v) is 30.2. The van der Waals surface area contributed by atoms with E-state index in [1.165, 1.54) is 19.2 Å². The fourth-order valence-electron chi connectivity index (χ4n) is 11.4. The van der Waals surface area contributed by atoms with Crippen LogP contribution in [0.1, 0.15) is 101 Å². The van der Waals surface area contributed by atoms with Gasteiger partial charge in [-0.15, -0.1) is 0 Å². The van der Waals surface area contributed by atoms with Crippen LogP contribution in [-0.4, -0.2) is 194 Å². The van der Waals surface area contributed by atoms with E-state index >= 15 is 0 Å². The quantitative estimate of drug-likeness (QED) is 0.0384. The Balaban J connectivity index is 1.25. The molecular formula is C65H83N7O17. The molecule has 4 aromatic rings. The number of Topliss-reactive ketones (excluding diaryl/α,β-unsaturated/α-hetero) is 2. The number of ketones is 2. The number of nitrogens with zero attached hydrogens (tertiary/aromatic N) is 2. The molecule has 15 atom stereocenters. The topological polar surface area (TPSA) is 372 Å². The summed E-state index contributed by atoms with van der Waals surface area (Å²) in [5.41, 5.74) is 3.37. The molecule has 3 aliphatic rings. The average molecular weight is 1230 g/mol. The number of carbonyl (C=O) groups excluding carboxylic acids is 8. The van der Waals surface area contributed by atoms with Crippen molar-refractivity contribution in [1.82, 2.24) is 31.5 Å². The number of fused-ring (bicyclic) bond motifs is 2. The number of benzene rings is 4. The Bertz CT molecular complexity index is 3110. The third-order valence-corrected chi connectivity index (χ3v) is 16.6. The van der Waals surface area contributed by atoms with Gasteiger partial charge in [0.05, 0.1) is 62.2 Å². The van der Waals surface area contributed by atoms with Crippen molar-refractivity contribution in [2.45, 2.75) is 152 Å². The van der Waals surface area contributed by atoms with Crippen LogP contribution in [-0.2, 0) is 38.3 Å². The van der Waals surface area contributed by atoms with E-state index in [4.69, 9.17) is 9.47 Å². The highest BCUT2D eigenvalue weighted by atomic mass is 16.5. The zero-order valence-corrected chi connectivity index (χ0v) is 50.6. The van der Waals surface area contributed by atoms with Crippen LogP contribution in [0.25, 0.3) is 22.3 Å². The smallest absolute Gasteiger partial charge is 0.251 e. The number of hydrogen-bond acceptors (Lipinski definition) is 18. The van der Waals surface area contributed by atoms with Crippen molar-refractivity contribution >= 4 is 53.2 Å². The van der Waals surface area contributed by atoms with Crippen LogP contribution in [0.15, 0.2) is 102 Å². The molecule has 4 aromatic carbocycles. The SMILES string of the molecule is CCCCCOc1ccc(-c2ccc(-c3ccc(C(=O)N[C@H]4C[C@@H](O)C(C=NCCOC)NC(=O)[C@H]5C(CCC[C@H](C)[C@@H]5O)C(=O)[C@H]([C@@H](C)O)NC(=O)[C@H](C(=O)[C@@H](O)c5ccc(O)cc5)NC(=O)[C@@H]5C[C@@H](O)CN5C(=O)[C@H]([C@@H](C)O)NC4=O)cc3)cc2)cc1. The third kappa shape index (κ3) is 17.7. The molecule has 480 valence electrons. The third-order valence-electron chi connectivity index (χ3n) is 16.6. The van der Waals surface area contributed by atoms with Crippen molar-refractivity contribution < 1.29 is 83.6 Å². The maximum atomic E-state index is 15.0. The number of aromatic hydroxyl groups is 1. The number of aliphatic hydroxyl groups is 6. The summed E-state index contributed by atoms with van der Waals surface area (Å²) >= 11 is 0. The summed E-state index contributed by atoms with van der Waals surface area (Å²) in [6.07, 6.45) is -7.05. The molecule has 24 heteroatoms. The van der Waals surface area contributed by atoms with Gasteiger partial charge in [-0.05, 0) is 103 Å². The number of ether oxygens (including phenoxy) is 2. The Kier molecular flexibility index (Phi) is 24.6. The summed E-state index contributed by atoms with van der Waals surface area (Å²) in [6, 6.07) is 15.1. The van der Waals surface area contributed by atoms with E-state index in [1.807, 2.05) is 48.5 Å². The highest BCUT2D eigenvalue weighted by Gasteiger charge is 2.49. The molecular weight excluding hydrogens is 1150 g/mol. The Hall–Kier alpha value is -7.97. The molecule has 3 fully saturated rings. The number of methoxy groups -OCH3 is 1. The van der Waals surface area contributed by atoms with Crippen LogP contribution in [0.3, 0.4) is 0 Å². The van der Waals surface area contributed by atoms with Crippen molar-refractivity contribution in [3.63, 3.8) is 0 Å². The molecule has 0 radical (unpaired) electrons. The minimum Gasteiger partial charge on any atom is -0.508 e. The summed E-state index contributed by atoms with van der Waals surface area (Å²) in [5, 5.41) is 91.3. The highest BCUT2D eigenvalue weighted by Crippen LogP contribution is 2.35. The Morgan fingerprint density at radius 2 is 1.31 bits per heavy atom. The van der Waals surface area contributed by atoms with E-state index in [9.17, 15) is 74.1 Å². The second-order valence-corrected chi connectivity index (χ2v) is 23.3. The number of unbranched alkanes of at least 4 members (excludes halogenated alkanes) is 2. The van der Waals surface area contributed by atoms with Gasteiger partial charge in [0.15, 0.2) is 17.6 Å². The Labute approximate surface area is 516 Å². The molecule has 0 spiro atoms. The van der Waals surface area contributed by atoms with Gasteiger partial charge in [0.25, 0.3) is 11.8 Å². The van der Waals surface area contributed by atoms with E-state index < -0.39 is 157 Å². The summed E-state index contributed by atoms with van der Waals surface area (Å²) < 4.78 is 11.0. The number of aliphatic imine (C=N–C) groups is 1. The minimum absolute atomic E-state index is 0.00350. The lowest BCUT2D eigenvalue weighted by molar-refractivity contribution is -0.146. The predicted molar refractivity (Wildman–Crippen MR) is 326 cm³/mol. The molecule has 2 unspecified atom stereocenters. The number of hydrogen-bond donors (Lipinski definition) is 12. The molecule has 2 aliphatic heterocycles. The van der Waals surface area contributed by atoms with Gasteiger partial charge in [0.2, 0.25) is 23.6 Å². The number of amides is 6. The second kappa shape index (κ2) is 32.0. The van der Waals surface area contributed by atoms with Gasteiger partial charge >= 0.3 is 0 Å². The summed E-state index contributed by atoms with van der Waals surface area (Å²) in [5.74, 6) is -12.5. The first-order valence-electron chi connectivity index (χ1n) is 30.2. The fraction of sp³-hybridized carbons (Fsp3) is 0.492. The molecule has 89 heavy (non-hydrogen) atoms. The predicted octanol–water partition coefficient (Wildman–Crippen LogP) is 1.82. The normalized spacial score (nSPS) is 27.1. The number of rotatable bonds is 18. The van der Waals surface area contributed by atoms with Gasteiger partial charge in [-0.1, -0.05) is 93.8 Å². The number of phenolic OH excluding ortho intramolecular Hbond substituents is 1. The van der Waals surface area contributed by atoms with Gasteiger partial charge in [0.1, 0.15) is 41.8 Å². The molecule has 1 aliphatic carbocycles. The van der Waals surface area contributed by atoms with E-state index in [0.29, 0.717) is 13.0 Å². The van der Waals surface area contributed by atoms with Crippen molar-refractivity contribution in [3.05, 3.63) is 108 Å². The van der Waals surface area contributed by atoms with Gasteiger partial charge in [-0.2, -0.15) is 0 Å². The molecule has 24 nitrogen and oxygen atoms in total. The zero-order chi connectivity index (χ0) is 64.6. The Morgan fingerprint density at radius 1 is 0.719 bits per heavy atom. The van der Waals surface area contributed by atoms with Crippen LogP contribution < -0.4 is 31.3 Å². The molecule has 2 saturated heterocycles. The van der Waals surface area contributed by atoms with Gasteiger partial charge < -0.3 is 76.7 Å². The lowest BCUT2D eigenvalue weighted by Crippen LogP contribution is -2.62. The first kappa shape index (κ1) is 68.5. The monoisotopic (exact) mass is 1230 g/mol. The molecule has 6 amide bonds. The van der Waals surface area contributed by atoms with E-state index in [-0.39, 0.29) is 42.9 Å². The van der Waals surface area contributed by atoms with Crippen molar-refractivity contribution in [2.75, 3.05) is 33.4 Å². The summed E-state index contributed by atoms with van der Waals surface area (Å²) in [6.45, 7) is 6.18. The van der Waals surface area contributed by atoms with E-state index in [0.717, 1.165) is 96.5 Å². The standard InChI is InChI=1S/C65H83N7O17/c1-6-7-8-29-89-46-26-22-41(23-27-46)39-14-12-38(13-15-39)40-16-18-43(19-17-40)60(82)67-48-32-51(77)49(33-66-28-30-88-5)68-63(85)52-47(11-9-10-35(2)56(52)78)58(80)53(36(3)73)69-64(86)55(59(81)57(79)42-20-24-44(75)25-21-42)71-62(84)50-31-45(76)34-72(50)65(87)54(37(4)74)70-61(48)83/h12-27,33,35-37,45,47-57,73-79H,6-11,28-32,34H2,1-5H3,(H,67,82)(H,68,85)(H,69,86)(H,70,83)(H,71,84)/t35-,36+,37+,45+,47?,48-,49?,50-,51+,52-,53-,54-,55-,56-,57-/m0/s1.